The van der Waals surface area contributed by atoms with Crippen molar-refractivity contribution in [2.45, 2.75) is 33.4 Å². The van der Waals surface area contributed by atoms with Gasteiger partial charge in [-0.1, -0.05) is 0 Å². The molecule has 5 nitrogen and oxygen atoms in total. The number of rotatable bonds is 5. The summed E-state index contributed by atoms with van der Waals surface area (Å²) in [7, 11) is 0. The summed E-state index contributed by atoms with van der Waals surface area (Å²) in [4.78, 5) is 16.5. The van der Waals surface area contributed by atoms with Crippen LogP contribution < -0.4 is 5.32 Å². The van der Waals surface area contributed by atoms with Crippen molar-refractivity contribution in [1.29, 1.82) is 0 Å². The molecular formula is C17H19N3O2. The molecule has 0 aliphatic heterocycles. The van der Waals surface area contributed by atoms with Crippen molar-refractivity contribution in [2.75, 3.05) is 0 Å². The van der Waals surface area contributed by atoms with Crippen LogP contribution in [0.4, 0.5) is 0 Å². The second-order valence-corrected chi connectivity index (χ2v) is 5.28. The van der Waals surface area contributed by atoms with E-state index in [0.29, 0.717) is 13.0 Å². The molecule has 3 aromatic rings. The third-order valence-corrected chi connectivity index (χ3v) is 3.66. The maximum atomic E-state index is 12.2. The molecule has 0 radical (unpaired) electrons. The number of furan rings is 1. The molecule has 0 spiro atoms. The van der Waals surface area contributed by atoms with E-state index in [-0.39, 0.29) is 5.91 Å². The lowest BCUT2D eigenvalue weighted by Crippen LogP contribution is -2.24. The Morgan fingerprint density at radius 2 is 2.23 bits per heavy atom. The molecule has 0 atom stereocenters. The van der Waals surface area contributed by atoms with Gasteiger partial charge in [-0.3, -0.25) is 4.79 Å². The first-order chi connectivity index (χ1) is 10.7. The number of pyridine rings is 1. The summed E-state index contributed by atoms with van der Waals surface area (Å²) in [6, 6.07) is 7.67. The Balaban J connectivity index is 1.71. The molecule has 1 amide bonds. The Bertz CT molecular complexity index is 801. The van der Waals surface area contributed by atoms with E-state index in [1.807, 2.05) is 37.4 Å². The number of fused-ring (bicyclic) bond motifs is 1. The van der Waals surface area contributed by atoms with Crippen molar-refractivity contribution >= 4 is 16.9 Å². The number of carbonyl (C=O) groups is 1. The van der Waals surface area contributed by atoms with Crippen LogP contribution in [0, 0.1) is 6.92 Å². The molecule has 22 heavy (non-hydrogen) atoms. The van der Waals surface area contributed by atoms with Crippen molar-refractivity contribution < 1.29 is 9.21 Å². The minimum Gasteiger partial charge on any atom is -0.465 e. The number of aromatic nitrogens is 2. The summed E-state index contributed by atoms with van der Waals surface area (Å²) in [5.74, 6) is 1.60. The number of amides is 1. The first-order valence-corrected chi connectivity index (χ1v) is 7.42. The van der Waals surface area contributed by atoms with Crippen molar-refractivity contribution in [1.82, 2.24) is 14.9 Å². The maximum absolute atomic E-state index is 12.2. The lowest BCUT2D eigenvalue weighted by Gasteiger charge is -2.02. The predicted octanol–water partition coefficient (Wildman–Crippen LogP) is 2.82. The molecule has 0 saturated carbocycles. The molecule has 3 heterocycles. The van der Waals surface area contributed by atoms with E-state index in [1.54, 1.807) is 6.20 Å². The van der Waals surface area contributed by atoms with Crippen LogP contribution in [0.25, 0.3) is 11.0 Å². The first kappa shape index (κ1) is 14.4. The topological polar surface area (TPSA) is 60.1 Å². The molecular weight excluding hydrogens is 278 g/mol. The highest BCUT2D eigenvalue weighted by molar-refractivity contribution is 5.87. The molecule has 3 rings (SSSR count). The van der Waals surface area contributed by atoms with Crippen molar-refractivity contribution in [3.63, 3.8) is 0 Å². The van der Waals surface area contributed by atoms with Crippen LogP contribution >= 0.6 is 0 Å². The molecule has 0 aliphatic rings. The van der Waals surface area contributed by atoms with Crippen LogP contribution in [0.3, 0.4) is 0 Å². The molecule has 0 saturated heterocycles. The number of hydrogen-bond acceptors (Lipinski definition) is 3. The summed E-state index contributed by atoms with van der Waals surface area (Å²) >= 11 is 0. The fourth-order valence-electron chi connectivity index (χ4n) is 2.58. The standard InChI is InChI=1S/C17H19N3O2/c1-3-20-11-13(15-5-4-8-18-17(15)20)9-16(21)19-10-14-7-6-12(2)22-14/h4-8,11H,3,9-10H2,1-2H3,(H,19,21). The Morgan fingerprint density at radius 1 is 1.36 bits per heavy atom. The quantitative estimate of drug-likeness (QED) is 0.787. The van der Waals surface area contributed by atoms with Crippen molar-refractivity contribution in [3.05, 3.63) is 53.7 Å². The van der Waals surface area contributed by atoms with Gasteiger partial charge < -0.3 is 14.3 Å². The highest BCUT2D eigenvalue weighted by Gasteiger charge is 2.12. The molecule has 0 fully saturated rings. The largest absolute Gasteiger partial charge is 0.465 e. The summed E-state index contributed by atoms with van der Waals surface area (Å²) in [5.41, 5.74) is 1.92. The second-order valence-electron chi connectivity index (χ2n) is 5.28. The molecule has 0 aromatic carbocycles. The first-order valence-electron chi connectivity index (χ1n) is 7.42. The highest BCUT2D eigenvalue weighted by atomic mass is 16.3. The summed E-state index contributed by atoms with van der Waals surface area (Å²) in [6.07, 6.45) is 4.13. The SMILES string of the molecule is CCn1cc(CC(=O)NCc2ccc(C)o2)c2cccnc21. The number of nitrogens with one attached hydrogen (secondary N) is 1. The Labute approximate surface area is 129 Å². The van der Waals surface area contributed by atoms with Gasteiger partial charge in [0, 0.05) is 24.3 Å². The highest BCUT2D eigenvalue weighted by Crippen LogP contribution is 2.19. The van der Waals surface area contributed by atoms with Crippen LogP contribution in [-0.4, -0.2) is 15.5 Å². The van der Waals surface area contributed by atoms with Gasteiger partial charge in [0.25, 0.3) is 0 Å². The van der Waals surface area contributed by atoms with Crippen molar-refractivity contribution in [3.8, 4) is 0 Å². The molecule has 0 unspecified atom stereocenters. The van der Waals surface area contributed by atoms with Gasteiger partial charge in [0.05, 0.1) is 13.0 Å². The lowest BCUT2D eigenvalue weighted by atomic mass is 10.1. The molecule has 114 valence electrons. The zero-order chi connectivity index (χ0) is 15.5. The molecule has 5 heteroatoms. The van der Waals surface area contributed by atoms with E-state index in [2.05, 4.69) is 21.8 Å². The third-order valence-electron chi connectivity index (χ3n) is 3.66. The van der Waals surface area contributed by atoms with Gasteiger partial charge in [-0.05, 0) is 43.7 Å². The van der Waals surface area contributed by atoms with Crippen LogP contribution in [-0.2, 0) is 24.3 Å². The average Bonchev–Trinajstić information content (AvgIpc) is 3.09. The Kier molecular flexibility index (Phi) is 3.96. The molecule has 3 aromatic heterocycles. The van der Waals surface area contributed by atoms with E-state index in [4.69, 9.17) is 4.42 Å². The van der Waals surface area contributed by atoms with Crippen LogP contribution in [0.2, 0.25) is 0 Å². The van der Waals surface area contributed by atoms with E-state index in [0.717, 1.165) is 34.7 Å². The second kappa shape index (κ2) is 6.05. The average molecular weight is 297 g/mol. The number of nitrogens with zero attached hydrogens (tertiary/aromatic N) is 2. The minimum atomic E-state index is -0.0203. The van der Waals surface area contributed by atoms with Crippen LogP contribution in [0.15, 0.2) is 41.1 Å². The summed E-state index contributed by atoms with van der Waals surface area (Å²) in [5, 5.41) is 3.93. The zero-order valence-electron chi connectivity index (χ0n) is 12.8. The van der Waals surface area contributed by atoms with Gasteiger partial charge in [0.1, 0.15) is 17.2 Å². The van der Waals surface area contributed by atoms with Crippen LogP contribution in [0.1, 0.15) is 24.0 Å². The van der Waals surface area contributed by atoms with E-state index in [1.165, 1.54) is 0 Å². The van der Waals surface area contributed by atoms with E-state index in [9.17, 15) is 4.79 Å². The predicted molar refractivity (Wildman–Crippen MR) is 84.4 cm³/mol. The Morgan fingerprint density at radius 3 is 2.95 bits per heavy atom. The fourth-order valence-corrected chi connectivity index (χ4v) is 2.58. The summed E-state index contributed by atoms with van der Waals surface area (Å²) in [6.45, 7) is 5.20. The van der Waals surface area contributed by atoms with Gasteiger partial charge in [-0.25, -0.2) is 4.98 Å². The zero-order valence-corrected chi connectivity index (χ0v) is 12.8. The normalized spacial score (nSPS) is 11.0. The summed E-state index contributed by atoms with van der Waals surface area (Å²) < 4.78 is 7.51. The lowest BCUT2D eigenvalue weighted by molar-refractivity contribution is -0.120. The van der Waals surface area contributed by atoms with Gasteiger partial charge in [0.15, 0.2) is 0 Å². The van der Waals surface area contributed by atoms with Gasteiger partial charge in [-0.2, -0.15) is 0 Å². The Hall–Kier alpha value is -2.56. The third kappa shape index (κ3) is 2.88. The van der Waals surface area contributed by atoms with Gasteiger partial charge in [-0.15, -0.1) is 0 Å². The fraction of sp³-hybridized carbons (Fsp3) is 0.294. The maximum Gasteiger partial charge on any atom is 0.224 e. The van der Waals surface area contributed by atoms with Gasteiger partial charge >= 0.3 is 0 Å². The smallest absolute Gasteiger partial charge is 0.224 e. The molecule has 1 N–H and O–H groups in total. The molecule has 0 aliphatic carbocycles. The van der Waals surface area contributed by atoms with E-state index >= 15 is 0 Å². The number of aryl methyl sites for hydroxylation is 2. The van der Waals surface area contributed by atoms with Gasteiger partial charge in [0.2, 0.25) is 5.91 Å². The number of carbonyl (C=O) groups excluding carboxylic acids is 1. The number of hydrogen-bond donors (Lipinski definition) is 1. The monoisotopic (exact) mass is 297 g/mol. The van der Waals surface area contributed by atoms with Crippen LogP contribution in [0.5, 0.6) is 0 Å². The van der Waals surface area contributed by atoms with E-state index < -0.39 is 0 Å². The molecule has 0 bridgehead atoms. The van der Waals surface area contributed by atoms with Crippen molar-refractivity contribution in [2.24, 2.45) is 0 Å². The minimum absolute atomic E-state index is 0.0203.